The van der Waals surface area contributed by atoms with Gasteiger partial charge in [-0.15, -0.1) is 0 Å². The van der Waals surface area contributed by atoms with E-state index in [1.54, 1.807) is 0 Å². The van der Waals surface area contributed by atoms with Crippen LogP contribution in [0.4, 0.5) is 28.0 Å². The number of carbonyl (C=O) groups is 2. The lowest BCUT2D eigenvalue weighted by molar-refractivity contribution is -0.258. The Morgan fingerprint density at radius 2 is 1.73 bits per heavy atom. The number of ether oxygens (including phenoxy) is 2. The molecule has 0 saturated heterocycles. The van der Waals surface area contributed by atoms with Crippen LogP contribution in [0.3, 0.4) is 0 Å². The van der Waals surface area contributed by atoms with Gasteiger partial charge in [-0.2, -0.15) is 13.2 Å². The molecule has 2 N–H and O–H groups in total. The SMILES string of the molecule is CCc1ccc(O[C@](NC(=O)Nc2ccc(F)c(Cl)c2)(C(=O)OC)C(F)(F)F)cc1. The van der Waals surface area contributed by atoms with Crippen LogP contribution in [-0.2, 0) is 16.0 Å². The molecular formula is C19H17ClF4N2O4. The average molecular weight is 449 g/mol. The van der Waals surface area contributed by atoms with Gasteiger partial charge in [0.2, 0.25) is 0 Å². The predicted octanol–water partition coefficient (Wildman–Crippen LogP) is 4.67. The number of carbonyl (C=O) groups excluding carboxylic acids is 2. The number of aryl methyl sites for hydroxylation is 1. The predicted molar refractivity (Wildman–Crippen MR) is 101 cm³/mol. The molecule has 0 aliphatic carbocycles. The molecular weight excluding hydrogens is 432 g/mol. The number of esters is 1. The Bertz CT molecular complexity index is 922. The molecule has 2 amide bonds. The van der Waals surface area contributed by atoms with Crippen molar-refractivity contribution < 1.29 is 36.6 Å². The van der Waals surface area contributed by atoms with Gasteiger partial charge in [0.1, 0.15) is 11.6 Å². The fraction of sp³-hybridized carbons (Fsp3) is 0.263. The summed E-state index contributed by atoms with van der Waals surface area (Å²) in [6, 6.07) is 6.95. The number of hydrogen-bond acceptors (Lipinski definition) is 4. The molecule has 0 heterocycles. The lowest BCUT2D eigenvalue weighted by Gasteiger charge is -2.33. The number of benzene rings is 2. The number of methoxy groups -OCH3 is 1. The Morgan fingerprint density at radius 1 is 1.10 bits per heavy atom. The van der Waals surface area contributed by atoms with Crippen molar-refractivity contribution >= 4 is 29.3 Å². The van der Waals surface area contributed by atoms with Gasteiger partial charge in [-0.3, -0.25) is 5.32 Å². The van der Waals surface area contributed by atoms with Crippen molar-refractivity contribution in [2.75, 3.05) is 12.4 Å². The first-order chi connectivity index (χ1) is 14.0. The van der Waals surface area contributed by atoms with Crippen molar-refractivity contribution in [2.24, 2.45) is 0 Å². The number of halogens is 5. The quantitative estimate of drug-likeness (QED) is 0.382. The first kappa shape index (κ1) is 23.3. The van der Waals surface area contributed by atoms with Gasteiger partial charge in [-0.25, -0.2) is 14.0 Å². The highest BCUT2D eigenvalue weighted by Crippen LogP contribution is 2.34. The Kier molecular flexibility index (Phi) is 7.14. The highest BCUT2D eigenvalue weighted by molar-refractivity contribution is 6.31. The minimum Gasteiger partial charge on any atom is -0.464 e. The lowest BCUT2D eigenvalue weighted by Crippen LogP contribution is -2.68. The van der Waals surface area contributed by atoms with Crippen LogP contribution >= 0.6 is 11.6 Å². The van der Waals surface area contributed by atoms with Gasteiger partial charge >= 0.3 is 23.9 Å². The van der Waals surface area contributed by atoms with Crippen LogP contribution in [0.15, 0.2) is 42.5 Å². The third-order valence-electron chi connectivity index (χ3n) is 3.94. The van der Waals surface area contributed by atoms with Gasteiger partial charge in [0.25, 0.3) is 0 Å². The highest BCUT2D eigenvalue weighted by Gasteiger charge is 2.66. The summed E-state index contributed by atoms with van der Waals surface area (Å²) < 4.78 is 64.1. The van der Waals surface area contributed by atoms with Crippen LogP contribution in [0, 0.1) is 5.82 Å². The summed E-state index contributed by atoms with van der Waals surface area (Å²) in [7, 11) is 0.714. The summed E-state index contributed by atoms with van der Waals surface area (Å²) in [6.07, 6.45) is -4.77. The summed E-state index contributed by atoms with van der Waals surface area (Å²) >= 11 is 5.58. The number of hydrogen-bond donors (Lipinski definition) is 2. The summed E-state index contributed by atoms with van der Waals surface area (Å²) in [5.74, 6) is -3.03. The molecule has 2 aromatic rings. The van der Waals surface area contributed by atoms with E-state index < -0.39 is 29.7 Å². The summed E-state index contributed by atoms with van der Waals surface area (Å²) in [5, 5.41) is 3.14. The van der Waals surface area contributed by atoms with Gasteiger partial charge in [0, 0.05) is 5.69 Å². The number of nitrogens with one attached hydrogen (secondary N) is 2. The monoisotopic (exact) mass is 448 g/mol. The summed E-state index contributed by atoms with van der Waals surface area (Å²) in [6.45, 7) is 1.85. The van der Waals surface area contributed by atoms with E-state index in [-0.39, 0.29) is 16.5 Å². The molecule has 1 atom stereocenters. The maximum absolute atomic E-state index is 13.9. The second kappa shape index (κ2) is 9.21. The maximum Gasteiger partial charge on any atom is 0.460 e. The first-order valence-corrected chi connectivity index (χ1v) is 8.87. The van der Waals surface area contributed by atoms with E-state index in [1.165, 1.54) is 29.6 Å². The zero-order valence-corrected chi connectivity index (χ0v) is 16.5. The van der Waals surface area contributed by atoms with Gasteiger partial charge in [-0.05, 0) is 42.3 Å². The van der Waals surface area contributed by atoms with Crippen LogP contribution in [-0.4, -0.2) is 31.0 Å². The molecule has 0 radical (unpaired) electrons. The zero-order valence-electron chi connectivity index (χ0n) is 15.8. The fourth-order valence-corrected chi connectivity index (χ4v) is 2.55. The zero-order chi connectivity index (χ0) is 22.5. The van der Waals surface area contributed by atoms with E-state index in [9.17, 15) is 27.2 Å². The number of anilines is 1. The Balaban J connectivity index is 2.36. The van der Waals surface area contributed by atoms with E-state index >= 15 is 0 Å². The van der Waals surface area contributed by atoms with Gasteiger partial charge < -0.3 is 14.8 Å². The van der Waals surface area contributed by atoms with Crippen molar-refractivity contribution in [1.82, 2.24) is 5.32 Å². The molecule has 0 aliphatic rings. The van der Waals surface area contributed by atoms with E-state index in [4.69, 9.17) is 16.3 Å². The van der Waals surface area contributed by atoms with Crippen LogP contribution in [0.1, 0.15) is 12.5 Å². The molecule has 0 bridgehead atoms. The van der Waals surface area contributed by atoms with Crippen LogP contribution < -0.4 is 15.4 Å². The van der Waals surface area contributed by atoms with Crippen molar-refractivity contribution in [3.05, 3.63) is 58.9 Å². The van der Waals surface area contributed by atoms with Crippen molar-refractivity contribution in [2.45, 2.75) is 25.2 Å². The standard InChI is InChI=1S/C19H17ClF4N2O4/c1-3-11-4-7-13(8-5-11)30-18(16(27)29-2,19(22,23)24)26-17(28)25-12-6-9-15(21)14(20)10-12/h4-10H,3H2,1-2H3,(H2,25,26,28)/t18-/m1/s1. The summed E-state index contributed by atoms with van der Waals surface area (Å²) in [4.78, 5) is 24.3. The molecule has 162 valence electrons. The van der Waals surface area contributed by atoms with Gasteiger partial charge in [-0.1, -0.05) is 30.7 Å². The maximum atomic E-state index is 13.9. The summed E-state index contributed by atoms with van der Waals surface area (Å²) in [5.41, 5.74) is -3.15. The van der Waals surface area contributed by atoms with Crippen molar-refractivity contribution in [1.29, 1.82) is 0 Å². The highest BCUT2D eigenvalue weighted by atomic mass is 35.5. The van der Waals surface area contributed by atoms with Crippen LogP contribution in [0.25, 0.3) is 0 Å². The molecule has 30 heavy (non-hydrogen) atoms. The number of rotatable bonds is 6. The van der Waals surface area contributed by atoms with Crippen molar-refractivity contribution in [3.63, 3.8) is 0 Å². The van der Waals surface area contributed by atoms with E-state index in [1.807, 2.05) is 12.2 Å². The normalized spacial score (nSPS) is 13.2. The number of amides is 2. The molecule has 0 saturated carbocycles. The Hall–Kier alpha value is -3.01. The number of alkyl halides is 3. The minimum absolute atomic E-state index is 0.118. The smallest absolute Gasteiger partial charge is 0.460 e. The molecule has 0 aliphatic heterocycles. The molecule has 0 unspecified atom stereocenters. The second-order valence-electron chi connectivity index (χ2n) is 5.98. The largest absolute Gasteiger partial charge is 0.464 e. The Morgan fingerprint density at radius 3 is 2.23 bits per heavy atom. The number of urea groups is 1. The fourth-order valence-electron chi connectivity index (χ4n) is 2.37. The molecule has 2 rings (SSSR count). The van der Waals surface area contributed by atoms with E-state index in [0.29, 0.717) is 13.5 Å². The van der Waals surface area contributed by atoms with Crippen LogP contribution in [0.2, 0.25) is 5.02 Å². The third-order valence-corrected chi connectivity index (χ3v) is 4.23. The topological polar surface area (TPSA) is 76.7 Å². The molecule has 0 aromatic heterocycles. The molecule has 2 aromatic carbocycles. The van der Waals surface area contributed by atoms with E-state index in [0.717, 1.165) is 23.8 Å². The molecule has 11 heteroatoms. The lowest BCUT2D eigenvalue weighted by atomic mass is 10.1. The third kappa shape index (κ3) is 5.12. The molecule has 6 nitrogen and oxygen atoms in total. The first-order valence-electron chi connectivity index (χ1n) is 8.49. The molecule has 0 spiro atoms. The Labute approximate surface area is 174 Å². The van der Waals surface area contributed by atoms with Crippen molar-refractivity contribution in [3.8, 4) is 5.75 Å². The molecule has 0 fully saturated rings. The van der Waals surface area contributed by atoms with E-state index in [2.05, 4.69) is 4.74 Å². The van der Waals surface area contributed by atoms with Gasteiger partial charge in [0.05, 0.1) is 12.1 Å². The second-order valence-corrected chi connectivity index (χ2v) is 6.39. The van der Waals surface area contributed by atoms with Crippen LogP contribution in [0.5, 0.6) is 5.75 Å². The average Bonchev–Trinajstić information content (AvgIpc) is 2.69. The van der Waals surface area contributed by atoms with Gasteiger partial charge in [0.15, 0.2) is 0 Å². The minimum atomic E-state index is -5.40.